The predicted molar refractivity (Wildman–Crippen MR) is 118 cm³/mol. The lowest BCUT2D eigenvalue weighted by Crippen LogP contribution is -2.45. The lowest BCUT2D eigenvalue weighted by Gasteiger charge is -2.34. The normalized spacial score (nSPS) is 23.5. The largest absolute Gasteiger partial charge is 0.380 e. The minimum absolute atomic E-state index is 0.121. The molecule has 1 amide bonds. The maximum atomic E-state index is 12.3. The van der Waals surface area contributed by atoms with E-state index in [0.29, 0.717) is 35.7 Å². The van der Waals surface area contributed by atoms with Crippen molar-refractivity contribution in [2.24, 2.45) is 23.7 Å². The van der Waals surface area contributed by atoms with Gasteiger partial charge in [0.25, 0.3) is 10.9 Å². The number of carbonyl (C=O) groups excluding carboxylic acids is 1. The summed E-state index contributed by atoms with van der Waals surface area (Å²) in [6.45, 7) is 9.76. The second-order valence-corrected chi connectivity index (χ2v) is 9.62. The van der Waals surface area contributed by atoms with Crippen molar-refractivity contribution < 1.29 is 4.79 Å². The first kappa shape index (κ1) is 21.8. The summed E-state index contributed by atoms with van der Waals surface area (Å²) in [4.78, 5) is 38.6. The Morgan fingerprint density at radius 2 is 1.69 bits per heavy atom. The average Bonchev–Trinajstić information content (AvgIpc) is 2.71. The Bertz CT molecular complexity index is 750. The standard InChI is InChI=1S/C23H37N3O3/c1-15(2)8-11-24-23(29)18-6-4-17(5-7-18)14-25-19-20(22(28)21(19)27)26-12-9-16(3)10-13-26/h15-18,25H,4-14H2,1-3H3,(H,24,29). The number of rotatable bonds is 8. The first-order valence-electron chi connectivity index (χ1n) is 11.5. The van der Waals surface area contributed by atoms with E-state index < -0.39 is 0 Å². The number of hydrogen-bond acceptors (Lipinski definition) is 5. The molecule has 1 saturated heterocycles. The van der Waals surface area contributed by atoms with E-state index in [1.807, 2.05) is 0 Å². The van der Waals surface area contributed by atoms with E-state index in [-0.39, 0.29) is 22.7 Å². The van der Waals surface area contributed by atoms with Crippen LogP contribution in [0.25, 0.3) is 0 Å². The van der Waals surface area contributed by atoms with Crippen LogP contribution in [-0.4, -0.2) is 32.1 Å². The Morgan fingerprint density at radius 1 is 1.03 bits per heavy atom. The summed E-state index contributed by atoms with van der Waals surface area (Å²) in [6, 6.07) is 0. The van der Waals surface area contributed by atoms with Crippen molar-refractivity contribution in [3.63, 3.8) is 0 Å². The Hall–Kier alpha value is -1.85. The van der Waals surface area contributed by atoms with Gasteiger partial charge in [0.15, 0.2) is 0 Å². The number of nitrogens with one attached hydrogen (secondary N) is 2. The summed E-state index contributed by atoms with van der Waals surface area (Å²) in [5.41, 5.74) is 0.443. The first-order valence-corrected chi connectivity index (χ1v) is 11.5. The maximum absolute atomic E-state index is 12.3. The topological polar surface area (TPSA) is 78.5 Å². The van der Waals surface area contributed by atoms with Gasteiger partial charge in [-0.25, -0.2) is 0 Å². The Kier molecular flexibility index (Phi) is 7.36. The summed E-state index contributed by atoms with van der Waals surface area (Å²) in [5, 5.41) is 6.36. The van der Waals surface area contributed by atoms with Crippen molar-refractivity contribution in [2.45, 2.75) is 65.7 Å². The smallest absolute Gasteiger partial charge is 0.253 e. The van der Waals surface area contributed by atoms with Crippen LogP contribution in [0.1, 0.15) is 65.7 Å². The molecule has 29 heavy (non-hydrogen) atoms. The molecule has 3 rings (SSSR count). The number of carbonyl (C=O) groups is 1. The highest BCUT2D eigenvalue weighted by Crippen LogP contribution is 2.31. The molecule has 0 aromatic heterocycles. The van der Waals surface area contributed by atoms with Crippen LogP contribution in [0, 0.1) is 23.7 Å². The number of hydrogen-bond donors (Lipinski definition) is 2. The number of amides is 1. The molecule has 6 nitrogen and oxygen atoms in total. The van der Waals surface area contributed by atoms with Crippen molar-refractivity contribution in [1.29, 1.82) is 0 Å². The fraction of sp³-hybridized carbons (Fsp3) is 0.783. The number of anilines is 2. The molecular formula is C23H37N3O3. The molecule has 0 bridgehead atoms. The highest BCUT2D eigenvalue weighted by Gasteiger charge is 2.30. The van der Waals surface area contributed by atoms with E-state index in [2.05, 4.69) is 36.3 Å². The van der Waals surface area contributed by atoms with Gasteiger partial charge in [-0.3, -0.25) is 14.4 Å². The Balaban J connectivity index is 1.44. The molecule has 0 unspecified atom stereocenters. The molecule has 0 spiro atoms. The molecule has 2 fully saturated rings. The molecule has 0 atom stereocenters. The van der Waals surface area contributed by atoms with Gasteiger partial charge in [0.2, 0.25) is 5.91 Å². The molecule has 6 heteroatoms. The lowest BCUT2D eigenvalue weighted by atomic mass is 9.81. The number of nitrogens with zero attached hydrogens (tertiary/aromatic N) is 1. The van der Waals surface area contributed by atoms with Crippen molar-refractivity contribution in [1.82, 2.24) is 5.32 Å². The molecule has 1 aliphatic heterocycles. The van der Waals surface area contributed by atoms with Gasteiger partial charge in [-0.05, 0) is 62.7 Å². The van der Waals surface area contributed by atoms with Gasteiger partial charge in [-0.2, -0.15) is 0 Å². The monoisotopic (exact) mass is 403 g/mol. The second kappa shape index (κ2) is 9.77. The molecule has 0 radical (unpaired) electrons. The predicted octanol–water partition coefficient (Wildman–Crippen LogP) is 2.90. The SMILES string of the molecule is CC(C)CCNC(=O)C1CCC(CNc2c(N3CCC(C)CC3)c(=O)c2=O)CC1. The average molecular weight is 404 g/mol. The second-order valence-electron chi connectivity index (χ2n) is 9.62. The maximum Gasteiger partial charge on any atom is 0.253 e. The molecule has 2 aliphatic rings. The third kappa shape index (κ3) is 5.40. The van der Waals surface area contributed by atoms with Gasteiger partial charge in [-0.1, -0.05) is 20.8 Å². The number of piperidine rings is 1. The van der Waals surface area contributed by atoms with Gasteiger partial charge in [-0.15, -0.1) is 0 Å². The summed E-state index contributed by atoms with van der Waals surface area (Å²) in [7, 11) is 0. The molecule has 1 aliphatic carbocycles. The van der Waals surface area contributed by atoms with Crippen molar-refractivity contribution in [2.75, 3.05) is 36.4 Å². The van der Waals surface area contributed by atoms with Gasteiger partial charge in [0, 0.05) is 32.1 Å². The zero-order valence-corrected chi connectivity index (χ0v) is 18.3. The van der Waals surface area contributed by atoms with E-state index in [1.54, 1.807) is 0 Å². The van der Waals surface area contributed by atoms with Crippen molar-refractivity contribution in [3.05, 3.63) is 20.4 Å². The van der Waals surface area contributed by atoms with Gasteiger partial charge in [0.1, 0.15) is 11.4 Å². The highest BCUT2D eigenvalue weighted by atomic mass is 16.2. The third-order valence-electron chi connectivity index (χ3n) is 6.79. The van der Waals surface area contributed by atoms with Crippen LogP contribution in [0.5, 0.6) is 0 Å². The van der Waals surface area contributed by atoms with Crippen LogP contribution in [0.2, 0.25) is 0 Å². The summed E-state index contributed by atoms with van der Waals surface area (Å²) in [5.74, 6) is 2.06. The molecule has 1 heterocycles. The van der Waals surface area contributed by atoms with Crippen LogP contribution >= 0.6 is 0 Å². The van der Waals surface area contributed by atoms with Crippen LogP contribution in [-0.2, 0) is 4.79 Å². The van der Waals surface area contributed by atoms with Gasteiger partial charge >= 0.3 is 0 Å². The van der Waals surface area contributed by atoms with Crippen LogP contribution in [0.3, 0.4) is 0 Å². The Labute approximate surface area is 174 Å². The van der Waals surface area contributed by atoms with Crippen LogP contribution in [0.4, 0.5) is 11.4 Å². The Morgan fingerprint density at radius 3 is 2.31 bits per heavy atom. The highest BCUT2D eigenvalue weighted by molar-refractivity contribution is 5.78. The fourth-order valence-corrected chi connectivity index (χ4v) is 4.58. The lowest BCUT2D eigenvalue weighted by molar-refractivity contribution is -0.126. The van der Waals surface area contributed by atoms with E-state index >= 15 is 0 Å². The first-order chi connectivity index (χ1) is 13.9. The van der Waals surface area contributed by atoms with E-state index in [4.69, 9.17) is 0 Å². The minimum Gasteiger partial charge on any atom is -0.380 e. The molecule has 162 valence electrons. The summed E-state index contributed by atoms with van der Waals surface area (Å²) >= 11 is 0. The minimum atomic E-state index is -0.364. The summed E-state index contributed by atoms with van der Waals surface area (Å²) < 4.78 is 0. The third-order valence-corrected chi connectivity index (χ3v) is 6.79. The molecular weight excluding hydrogens is 366 g/mol. The van der Waals surface area contributed by atoms with Crippen molar-refractivity contribution >= 4 is 17.3 Å². The molecule has 1 aromatic carbocycles. The molecule has 1 aromatic rings. The van der Waals surface area contributed by atoms with Gasteiger partial charge in [0.05, 0.1) is 0 Å². The fourth-order valence-electron chi connectivity index (χ4n) is 4.58. The van der Waals surface area contributed by atoms with Crippen LogP contribution < -0.4 is 26.4 Å². The van der Waals surface area contributed by atoms with Crippen molar-refractivity contribution in [3.8, 4) is 0 Å². The summed E-state index contributed by atoms with van der Waals surface area (Å²) in [6.07, 6.45) is 6.95. The van der Waals surface area contributed by atoms with Crippen LogP contribution in [0.15, 0.2) is 9.59 Å². The quantitative estimate of drug-likeness (QED) is 0.653. The van der Waals surface area contributed by atoms with E-state index in [9.17, 15) is 14.4 Å². The zero-order chi connectivity index (χ0) is 21.0. The van der Waals surface area contributed by atoms with Gasteiger partial charge < -0.3 is 15.5 Å². The zero-order valence-electron chi connectivity index (χ0n) is 18.3. The molecule has 1 saturated carbocycles. The molecule has 2 N–H and O–H groups in total. The van der Waals surface area contributed by atoms with E-state index in [1.165, 1.54) is 0 Å². The van der Waals surface area contributed by atoms with E-state index in [0.717, 1.165) is 64.6 Å².